The number of rotatable bonds is 3. The maximum atomic E-state index is 5.82. The Kier molecular flexibility index (Phi) is 3.37. The zero-order valence-corrected chi connectivity index (χ0v) is 10.9. The minimum Gasteiger partial charge on any atom is -0.375 e. The van der Waals surface area contributed by atoms with E-state index < -0.39 is 0 Å². The third kappa shape index (κ3) is 2.44. The second-order valence-corrected chi connectivity index (χ2v) is 5.55. The molecule has 3 rings (SSSR count). The molecule has 1 aromatic carbocycles. The molecule has 1 saturated heterocycles. The van der Waals surface area contributed by atoms with Crippen molar-refractivity contribution in [1.29, 1.82) is 0 Å². The lowest BCUT2D eigenvalue weighted by atomic mass is 9.97. The van der Waals surface area contributed by atoms with Crippen molar-refractivity contribution in [3.05, 3.63) is 35.4 Å². The highest BCUT2D eigenvalue weighted by Crippen LogP contribution is 2.28. The van der Waals surface area contributed by atoms with Crippen LogP contribution in [0.1, 0.15) is 36.9 Å². The molecular formula is C15H21NO2. The largest absolute Gasteiger partial charge is 0.375 e. The van der Waals surface area contributed by atoms with Gasteiger partial charge in [-0.1, -0.05) is 24.3 Å². The van der Waals surface area contributed by atoms with E-state index in [2.05, 4.69) is 36.5 Å². The Morgan fingerprint density at radius 2 is 2.28 bits per heavy atom. The van der Waals surface area contributed by atoms with Crippen molar-refractivity contribution >= 4 is 0 Å². The molecule has 2 atom stereocenters. The summed E-state index contributed by atoms with van der Waals surface area (Å²) in [6.07, 6.45) is 2.32. The van der Waals surface area contributed by atoms with Crippen molar-refractivity contribution in [2.24, 2.45) is 0 Å². The first-order valence-electron chi connectivity index (χ1n) is 6.80. The van der Waals surface area contributed by atoms with Gasteiger partial charge in [-0.15, -0.1) is 0 Å². The quantitative estimate of drug-likeness (QED) is 0.889. The monoisotopic (exact) mass is 247 g/mol. The fraction of sp³-hybridized carbons (Fsp3) is 0.600. The Hall–Kier alpha value is -0.900. The highest BCUT2D eigenvalue weighted by Gasteiger charge is 2.31. The van der Waals surface area contributed by atoms with Gasteiger partial charge in [-0.3, -0.25) is 0 Å². The zero-order valence-electron chi connectivity index (χ0n) is 10.9. The van der Waals surface area contributed by atoms with Crippen molar-refractivity contribution in [3.63, 3.8) is 0 Å². The maximum absolute atomic E-state index is 5.82. The molecule has 0 saturated carbocycles. The van der Waals surface area contributed by atoms with Gasteiger partial charge in [0.1, 0.15) is 0 Å². The van der Waals surface area contributed by atoms with E-state index in [9.17, 15) is 0 Å². The molecule has 3 heteroatoms. The predicted octanol–water partition coefficient (Wildman–Crippen LogP) is 2.42. The summed E-state index contributed by atoms with van der Waals surface area (Å²) in [6, 6.07) is 8.83. The van der Waals surface area contributed by atoms with E-state index in [0.717, 1.165) is 32.8 Å². The summed E-state index contributed by atoms with van der Waals surface area (Å²) in [7, 11) is 0. The molecule has 98 valence electrons. The van der Waals surface area contributed by atoms with Crippen LogP contribution in [0.2, 0.25) is 0 Å². The standard InChI is InChI=1S/C15H21NO2/c1-15(7-4-8-18-15)11-16-14-10-17-9-12-5-2-3-6-13(12)14/h2-3,5-6,14,16H,4,7-11H2,1H3. The molecule has 2 heterocycles. The van der Waals surface area contributed by atoms with E-state index in [1.54, 1.807) is 0 Å². The molecule has 0 aliphatic carbocycles. The van der Waals surface area contributed by atoms with Crippen LogP contribution in [0.3, 0.4) is 0 Å². The van der Waals surface area contributed by atoms with Crippen LogP contribution < -0.4 is 5.32 Å². The SMILES string of the molecule is CC1(CNC2COCc3ccccc32)CCCO1. The summed E-state index contributed by atoms with van der Waals surface area (Å²) in [5, 5.41) is 3.61. The molecule has 0 radical (unpaired) electrons. The van der Waals surface area contributed by atoms with E-state index in [4.69, 9.17) is 9.47 Å². The van der Waals surface area contributed by atoms with Gasteiger partial charge in [-0.2, -0.15) is 0 Å². The molecule has 0 spiro atoms. The first kappa shape index (κ1) is 12.2. The third-order valence-corrected chi connectivity index (χ3v) is 4.00. The van der Waals surface area contributed by atoms with Crippen molar-refractivity contribution < 1.29 is 9.47 Å². The summed E-state index contributed by atoms with van der Waals surface area (Å²) in [4.78, 5) is 0. The number of benzene rings is 1. The average Bonchev–Trinajstić information content (AvgIpc) is 2.84. The molecule has 2 aliphatic rings. The molecule has 0 aromatic heterocycles. The first-order chi connectivity index (χ1) is 8.77. The lowest BCUT2D eigenvalue weighted by Gasteiger charge is -2.31. The van der Waals surface area contributed by atoms with E-state index in [1.807, 2.05) is 0 Å². The highest BCUT2D eigenvalue weighted by molar-refractivity contribution is 5.31. The third-order valence-electron chi connectivity index (χ3n) is 4.00. The number of nitrogens with one attached hydrogen (secondary N) is 1. The summed E-state index contributed by atoms with van der Waals surface area (Å²) in [5.41, 5.74) is 2.69. The van der Waals surface area contributed by atoms with Crippen LogP contribution in [0.4, 0.5) is 0 Å². The molecule has 2 unspecified atom stereocenters. The summed E-state index contributed by atoms with van der Waals surface area (Å²) < 4.78 is 11.5. The van der Waals surface area contributed by atoms with Crippen molar-refractivity contribution in [3.8, 4) is 0 Å². The van der Waals surface area contributed by atoms with Crippen molar-refractivity contribution in [1.82, 2.24) is 5.32 Å². The Morgan fingerprint density at radius 1 is 1.39 bits per heavy atom. The van der Waals surface area contributed by atoms with Gasteiger partial charge in [0, 0.05) is 13.2 Å². The molecule has 1 aromatic rings. The van der Waals surface area contributed by atoms with Crippen LogP contribution in [0, 0.1) is 0 Å². The topological polar surface area (TPSA) is 30.5 Å². The van der Waals surface area contributed by atoms with E-state index >= 15 is 0 Å². The van der Waals surface area contributed by atoms with Crippen molar-refractivity contribution in [2.45, 2.75) is 38.0 Å². The van der Waals surface area contributed by atoms with Gasteiger partial charge < -0.3 is 14.8 Å². The number of fused-ring (bicyclic) bond motifs is 1. The van der Waals surface area contributed by atoms with Crippen LogP contribution >= 0.6 is 0 Å². The minimum atomic E-state index is 0.00634. The van der Waals surface area contributed by atoms with Gasteiger partial charge in [-0.05, 0) is 30.9 Å². The van der Waals surface area contributed by atoms with Gasteiger partial charge in [0.05, 0.1) is 24.9 Å². The molecule has 1 N–H and O–H groups in total. The molecule has 3 nitrogen and oxygen atoms in total. The van der Waals surface area contributed by atoms with Crippen LogP contribution in [0.5, 0.6) is 0 Å². The number of ether oxygens (including phenoxy) is 2. The van der Waals surface area contributed by atoms with Crippen LogP contribution in [0.15, 0.2) is 24.3 Å². The predicted molar refractivity (Wildman–Crippen MR) is 70.4 cm³/mol. The molecular weight excluding hydrogens is 226 g/mol. The lowest BCUT2D eigenvalue weighted by molar-refractivity contribution is 0.0118. The van der Waals surface area contributed by atoms with E-state index in [-0.39, 0.29) is 5.60 Å². The number of hydrogen-bond acceptors (Lipinski definition) is 3. The van der Waals surface area contributed by atoms with Crippen molar-refractivity contribution in [2.75, 3.05) is 19.8 Å². The van der Waals surface area contributed by atoms with E-state index in [0.29, 0.717) is 6.04 Å². The second kappa shape index (κ2) is 5.00. The van der Waals surface area contributed by atoms with Crippen LogP contribution in [-0.4, -0.2) is 25.4 Å². The van der Waals surface area contributed by atoms with E-state index in [1.165, 1.54) is 17.5 Å². The molecule has 1 fully saturated rings. The zero-order chi connectivity index (χ0) is 12.4. The highest BCUT2D eigenvalue weighted by atomic mass is 16.5. The smallest absolute Gasteiger partial charge is 0.0779 e. The summed E-state index contributed by atoms with van der Waals surface area (Å²) >= 11 is 0. The normalized spacial score (nSPS) is 31.3. The molecule has 0 amide bonds. The maximum Gasteiger partial charge on any atom is 0.0779 e. The van der Waals surface area contributed by atoms with Crippen LogP contribution in [0.25, 0.3) is 0 Å². The Bertz CT molecular complexity index is 413. The molecule has 18 heavy (non-hydrogen) atoms. The Balaban J connectivity index is 1.67. The fourth-order valence-corrected chi connectivity index (χ4v) is 2.87. The average molecular weight is 247 g/mol. The Morgan fingerprint density at radius 3 is 3.11 bits per heavy atom. The second-order valence-electron chi connectivity index (χ2n) is 5.55. The number of hydrogen-bond donors (Lipinski definition) is 1. The van der Waals surface area contributed by atoms with Gasteiger partial charge in [-0.25, -0.2) is 0 Å². The minimum absolute atomic E-state index is 0.00634. The first-order valence-corrected chi connectivity index (χ1v) is 6.80. The lowest BCUT2D eigenvalue weighted by Crippen LogP contribution is -2.41. The molecule has 0 bridgehead atoms. The summed E-state index contributed by atoms with van der Waals surface area (Å²) in [6.45, 7) is 5.49. The van der Waals surface area contributed by atoms with Gasteiger partial charge in [0.25, 0.3) is 0 Å². The fourth-order valence-electron chi connectivity index (χ4n) is 2.87. The Labute approximate surface area is 108 Å². The summed E-state index contributed by atoms with van der Waals surface area (Å²) in [5.74, 6) is 0. The van der Waals surface area contributed by atoms with Crippen LogP contribution in [-0.2, 0) is 16.1 Å². The van der Waals surface area contributed by atoms with Gasteiger partial charge in [0.15, 0.2) is 0 Å². The van der Waals surface area contributed by atoms with Gasteiger partial charge in [0.2, 0.25) is 0 Å². The van der Waals surface area contributed by atoms with Gasteiger partial charge >= 0.3 is 0 Å². The molecule has 2 aliphatic heterocycles.